The second kappa shape index (κ2) is 6.40. The predicted molar refractivity (Wildman–Crippen MR) is 53.8 cm³/mol. The molecule has 1 aliphatic rings. The molecule has 1 aliphatic heterocycles. The van der Waals surface area contributed by atoms with Crippen molar-refractivity contribution in [3.05, 3.63) is 0 Å². The fourth-order valence-electron chi connectivity index (χ4n) is 1.87. The van der Waals surface area contributed by atoms with E-state index in [1.54, 1.807) is 28.4 Å². The molecular weight excluding hydrogens is 200 g/mol. The van der Waals surface area contributed by atoms with Crippen LogP contribution in [0.25, 0.3) is 0 Å². The van der Waals surface area contributed by atoms with Crippen molar-refractivity contribution in [1.82, 2.24) is 0 Å². The van der Waals surface area contributed by atoms with E-state index in [1.165, 1.54) is 0 Å². The Kier molecular flexibility index (Phi) is 5.49. The van der Waals surface area contributed by atoms with Crippen molar-refractivity contribution < 1.29 is 23.7 Å². The predicted octanol–water partition coefficient (Wildman–Crippen LogP) is 0.424. The second-order valence-electron chi connectivity index (χ2n) is 3.53. The Morgan fingerprint density at radius 2 is 1.80 bits per heavy atom. The van der Waals surface area contributed by atoms with Crippen molar-refractivity contribution in [2.24, 2.45) is 0 Å². The third-order valence-corrected chi connectivity index (χ3v) is 2.62. The van der Waals surface area contributed by atoms with E-state index in [1.807, 2.05) is 0 Å². The third-order valence-electron chi connectivity index (χ3n) is 2.62. The van der Waals surface area contributed by atoms with Crippen LogP contribution in [0.1, 0.15) is 6.42 Å². The van der Waals surface area contributed by atoms with E-state index in [2.05, 4.69) is 0 Å². The lowest BCUT2D eigenvalue weighted by Gasteiger charge is -2.39. The van der Waals surface area contributed by atoms with Gasteiger partial charge in [-0.15, -0.1) is 0 Å². The van der Waals surface area contributed by atoms with Gasteiger partial charge in [0.2, 0.25) is 0 Å². The number of rotatable bonds is 5. The van der Waals surface area contributed by atoms with Gasteiger partial charge in [-0.05, 0) is 0 Å². The monoisotopic (exact) mass is 220 g/mol. The van der Waals surface area contributed by atoms with Gasteiger partial charge in [-0.2, -0.15) is 0 Å². The van der Waals surface area contributed by atoms with E-state index in [0.29, 0.717) is 6.61 Å². The van der Waals surface area contributed by atoms with E-state index >= 15 is 0 Å². The Labute approximate surface area is 90.6 Å². The highest BCUT2D eigenvalue weighted by atomic mass is 16.7. The zero-order valence-corrected chi connectivity index (χ0v) is 9.76. The van der Waals surface area contributed by atoms with Crippen LogP contribution in [0, 0.1) is 0 Å². The second-order valence-corrected chi connectivity index (χ2v) is 3.53. The number of ether oxygens (including phenoxy) is 5. The molecule has 2 unspecified atom stereocenters. The first-order valence-corrected chi connectivity index (χ1v) is 4.99. The minimum atomic E-state index is -0.395. The Morgan fingerprint density at radius 3 is 2.27 bits per heavy atom. The van der Waals surface area contributed by atoms with Gasteiger partial charge >= 0.3 is 0 Å². The highest BCUT2D eigenvalue weighted by Crippen LogP contribution is 2.24. The van der Waals surface area contributed by atoms with E-state index < -0.39 is 6.29 Å². The molecule has 1 heterocycles. The van der Waals surface area contributed by atoms with Crippen LogP contribution in [0.5, 0.6) is 0 Å². The van der Waals surface area contributed by atoms with Crippen LogP contribution >= 0.6 is 0 Å². The minimum Gasteiger partial charge on any atom is -0.382 e. The van der Waals surface area contributed by atoms with Gasteiger partial charge in [0.1, 0.15) is 6.10 Å². The lowest BCUT2D eigenvalue weighted by Crippen LogP contribution is -2.51. The van der Waals surface area contributed by atoms with Crippen LogP contribution in [-0.2, 0) is 23.7 Å². The zero-order chi connectivity index (χ0) is 11.3. The van der Waals surface area contributed by atoms with E-state index in [9.17, 15) is 0 Å². The van der Waals surface area contributed by atoms with Gasteiger partial charge in [0.05, 0.1) is 18.8 Å². The van der Waals surface area contributed by atoms with Crippen LogP contribution in [0.3, 0.4) is 0 Å². The molecule has 1 saturated heterocycles. The highest BCUT2D eigenvalue weighted by molar-refractivity contribution is 4.83. The molecule has 1 rings (SSSR count). The van der Waals surface area contributed by atoms with Gasteiger partial charge in [-0.1, -0.05) is 0 Å². The molecule has 4 atom stereocenters. The maximum absolute atomic E-state index is 5.66. The highest BCUT2D eigenvalue weighted by Gasteiger charge is 2.39. The molecule has 0 aromatic heterocycles. The van der Waals surface area contributed by atoms with Crippen LogP contribution in [-0.4, -0.2) is 59.6 Å². The van der Waals surface area contributed by atoms with Gasteiger partial charge in [-0.3, -0.25) is 0 Å². The minimum absolute atomic E-state index is 0.00343. The first kappa shape index (κ1) is 12.9. The Hall–Kier alpha value is -0.200. The summed E-state index contributed by atoms with van der Waals surface area (Å²) in [6.45, 7) is 0.538. The van der Waals surface area contributed by atoms with Gasteiger partial charge in [0.25, 0.3) is 0 Å². The quantitative estimate of drug-likeness (QED) is 0.672. The largest absolute Gasteiger partial charge is 0.382 e. The van der Waals surface area contributed by atoms with Gasteiger partial charge < -0.3 is 23.7 Å². The Balaban J connectivity index is 2.60. The Morgan fingerprint density at radius 1 is 1.07 bits per heavy atom. The van der Waals surface area contributed by atoms with Crippen molar-refractivity contribution in [3.63, 3.8) is 0 Å². The van der Waals surface area contributed by atoms with Crippen LogP contribution < -0.4 is 0 Å². The molecule has 0 radical (unpaired) electrons. The summed E-state index contributed by atoms with van der Waals surface area (Å²) >= 11 is 0. The maximum atomic E-state index is 5.66. The van der Waals surface area contributed by atoms with Gasteiger partial charge in [0.15, 0.2) is 6.29 Å². The SMILES string of the molecule is COCC1C[C@H](OC)C(OC)[C@H](OC)O1. The fourth-order valence-corrected chi connectivity index (χ4v) is 1.87. The molecule has 1 fully saturated rings. The van der Waals surface area contributed by atoms with Crippen LogP contribution in [0.4, 0.5) is 0 Å². The van der Waals surface area contributed by atoms with Crippen LogP contribution in [0.15, 0.2) is 0 Å². The molecular formula is C10H20O5. The van der Waals surface area contributed by atoms with E-state index in [4.69, 9.17) is 23.7 Å². The molecule has 0 spiro atoms. The lowest BCUT2D eigenvalue weighted by molar-refractivity contribution is -0.272. The van der Waals surface area contributed by atoms with Gasteiger partial charge in [-0.25, -0.2) is 0 Å². The molecule has 0 bridgehead atoms. The fraction of sp³-hybridized carbons (Fsp3) is 1.00. The molecule has 0 aromatic carbocycles. The van der Waals surface area contributed by atoms with Crippen LogP contribution in [0.2, 0.25) is 0 Å². The molecule has 0 aliphatic carbocycles. The summed E-state index contributed by atoms with van der Waals surface area (Å²) < 4.78 is 26.6. The summed E-state index contributed by atoms with van der Waals surface area (Å²) in [4.78, 5) is 0. The Bertz CT molecular complexity index is 161. The van der Waals surface area contributed by atoms with E-state index in [-0.39, 0.29) is 18.3 Å². The van der Waals surface area contributed by atoms with Gasteiger partial charge in [0, 0.05) is 34.9 Å². The molecule has 0 N–H and O–H groups in total. The molecule has 15 heavy (non-hydrogen) atoms. The normalized spacial score (nSPS) is 36.8. The zero-order valence-electron chi connectivity index (χ0n) is 9.76. The molecule has 5 nitrogen and oxygen atoms in total. The summed E-state index contributed by atoms with van der Waals surface area (Å²) in [6.07, 6.45) is 0.148. The number of methoxy groups -OCH3 is 4. The molecule has 0 amide bonds. The number of hydrogen-bond acceptors (Lipinski definition) is 5. The summed E-state index contributed by atoms with van der Waals surface area (Å²) in [5, 5.41) is 0. The smallest absolute Gasteiger partial charge is 0.186 e. The molecule has 5 heteroatoms. The molecule has 0 saturated carbocycles. The van der Waals surface area contributed by atoms with Crippen molar-refractivity contribution in [1.29, 1.82) is 0 Å². The standard InChI is InChI=1S/C10H20O5/c1-11-6-7-5-8(12-2)9(13-3)10(14-4)15-7/h7-10H,5-6H2,1-4H3/t7?,8-,9?,10+/m0/s1. The average Bonchev–Trinajstić information content (AvgIpc) is 2.28. The molecule has 0 aromatic rings. The van der Waals surface area contributed by atoms with E-state index in [0.717, 1.165) is 6.42 Å². The van der Waals surface area contributed by atoms with Crippen molar-refractivity contribution in [2.45, 2.75) is 31.0 Å². The van der Waals surface area contributed by atoms with Crippen molar-refractivity contribution >= 4 is 0 Å². The summed E-state index contributed by atoms with van der Waals surface area (Å²) in [7, 11) is 6.54. The van der Waals surface area contributed by atoms with Crippen molar-refractivity contribution in [3.8, 4) is 0 Å². The first-order chi connectivity index (χ1) is 7.26. The third kappa shape index (κ3) is 3.12. The summed E-state index contributed by atoms with van der Waals surface area (Å²) in [5.74, 6) is 0. The lowest BCUT2D eigenvalue weighted by atomic mass is 10.0. The first-order valence-electron chi connectivity index (χ1n) is 4.99. The maximum Gasteiger partial charge on any atom is 0.186 e. The summed E-state index contributed by atoms with van der Waals surface area (Å²) in [5.41, 5.74) is 0. The number of hydrogen-bond donors (Lipinski definition) is 0. The summed E-state index contributed by atoms with van der Waals surface area (Å²) in [6, 6.07) is 0. The average molecular weight is 220 g/mol. The van der Waals surface area contributed by atoms with Crippen molar-refractivity contribution in [2.75, 3.05) is 35.0 Å². The topological polar surface area (TPSA) is 46.2 Å². The molecule has 90 valence electrons.